The van der Waals surface area contributed by atoms with Crippen molar-refractivity contribution in [2.75, 3.05) is 18.7 Å². The second-order valence-electron chi connectivity index (χ2n) is 4.67. The summed E-state index contributed by atoms with van der Waals surface area (Å²) in [6.45, 7) is 3.71. The van der Waals surface area contributed by atoms with Crippen molar-refractivity contribution in [3.8, 4) is 5.88 Å². The molecule has 23 heavy (non-hydrogen) atoms. The highest BCUT2D eigenvalue weighted by Gasteiger charge is 2.12. The Morgan fingerprint density at radius 1 is 1.17 bits per heavy atom. The van der Waals surface area contributed by atoms with Gasteiger partial charge >= 0.3 is 0 Å². The van der Waals surface area contributed by atoms with Gasteiger partial charge in [-0.15, -0.1) is 0 Å². The highest BCUT2D eigenvalue weighted by molar-refractivity contribution is 7.90. The second-order valence-corrected chi connectivity index (χ2v) is 6.69. The van der Waals surface area contributed by atoms with E-state index in [4.69, 9.17) is 4.74 Å². The lowest BCUT2D eigenvalue weighted by atomic mass is 10.1. The first-order valence-electron chi connectivity index (χ1n) is 6.48. The van der Waals surface area contributed by atoms with Crippen LogP contribution in [-0.4, -0.2) is 37.7 Å². The third-order valence-corrected chi connectivity index (χ3v) is 4.11. The minimum absolute atomic E-state index is 0.176. The van der Waals surface area contributed by atoms with Crippen molar-refractivity contribution in [3.05, 3.63) is 48.8 Å². The molecule has 2 aromatic rings. The van der Waals surface area contributed by atoms with Crippen molar-refractivity contribution >= 4 is 27.1 Å². The third kappa shape index (κ3) is 4.13. The topological polar surface area (TPSA) is 98.2 Å². The molecule has 0 aliphatic carbocycles. The van der Waals surface area contributed by atoms with E-state index in [-0.39, 0.29) is 16.3 Å². The Kier molecular flexibility index (Phi) is 4.75. The minimum Gasteiger partial charge on any atom is -0.480 e. The first-order valence-corrected chi connectivity index (χ1v) is 8.37. The number of ether oxygens (including phenoxy) is 1. The molecule has 0 aliphatic rings. The van der Waals surface area contributed by atoms with Gasteiger partial charge in [0.05, 0.1) is 24.4 Å². The number of rotatable bonds is 5. The fourth-order valence-corrected chi connectivity index (χ4v) is 2.34. The molecule has 0 saturated heterocycles. The molecular formula is C15H15N3O4S. The van der Waals surface area contributed by atoms with Crippen LogP contribution in [0.5, 0.6) is 5.88 Å². The summed E-state index contributed by atoms with van der Waals surface area (Å²) in [4.78, 5) is 20.2. The molecule has 0 bridgehead atoms. The molecule has 0 unspecified atom stereocenters. The van der Waals surface area contributed by atoms with Crippen LogP contribution < -0.4 is 10.1 Å². The van der Waals surface area contributed by atoms with Crippen molar-refractivity contribution in [2.24, 2.45) is 0 Å². The van der Waals surface area contributed by atoms with E-state index in [9.17, 15) is 13.2 Å². The largest absolute Gasteiger partial charge is 0.480 e. The summed E-state index contributed by atoms with van der Waals surface area (Å²) in [7, 11) is -1.82. The summed E-state index contributed by atoms with van der Waals surface area (Å²) in [5.74, 6) is 0.125. The number of methoxy groups -OCH3 is 1. The number of aromatic nitrogens is 2. The SMILES string of the molecule is C=C(C(=O)Nc1cnc(OC)cn1)c1ccc(S(C)(=O)=O)cc1. The maximum Gasteiger partial charge on any atom is 0.256 e. The first-order chi connectivity index (χ1) is 10.8. The Morgan fingerprint density at radius 3 is 2.30 bits per heavy atom. The number of nitrogens with zero attached hydrogens (tertiary/aromatic N) is 2. The van der Waals surface area contributed by atoms with E-state index in [1.807, 2.05) is 0 Å². The molecule has 0 saturated carbocycles. The monoisotopic (exact) mass is 333 g/mol. The normalized spacial score (nSPS) is 10.9. The van der Waals surface area contributed by atoms with E-state index in [0.717, 1.165) is 6.26 Å². The number of hydrogen-bond acceptors (Lipinski definition) is 6. The molecule has 1 aromatic carbocycles. The minimum atomic E-state index is -3.28. The van der Waals surface area contributed by atoms with Crippen molar-refractivity contribution in [1.29, 1.82) is 0 Å². The number of amides is 1. The number of benzene rings is 1. The lowest BCUT2D eigenvalue weighted by Gasteiger charge is -2.08. The van der Waals surface area contributed by atoms with Crippen LogP contribution in [0.1, 0.15) is 5.56 Å². The molecule has 1 N–H and O–H groups in total. The van der Waals surface area contributed by atoms with E-state index in [2.05, 4.69) is 21.9 Å². The first kappa shape index (κ1) is 16.6. The van der Waals surface area contributed by atoms with Crippen LogP contribution in [0.25, 0.3) is 5.57 Å². The van der Waals surface area contributed by atoms with Crippen molar-refractivity contribution < 1.29 is 17.9 Å². The fourth-order valence-electron chi connectivity index (χ4n) is 1.71. The second kappa shape index (κ2) is 6.57. The summed E-state index contributed by atoms with van der Waals surface area (Å²) in [6.07, 6.45) is 3.85. The molecule has 0 radical (unpaired) electrons. The van der Waals surface area contributed by atoms with Gasteiger partial charge in [-0.3, -0.25) is 4.79 Å². The zero-order valence-corrected chi connectivity index (χ0v) is 13.4. The highest BCUT2D eigenvalue weighted by Crippen LogP contribution is 2.18. The molecule has 120 valence electrons. The predicted octanol–water partition coefficient (Wildman–Crippen LogP) is 1.54. The average molecular weight is 333 g/mol. The van der Waals surface area contributed by atoms with Gasteiger partial charge in [0.25, 0.3) is 5.91 Å². The molecule has 7 nitrogen and oxygen atoms in total. The molecule has 1 amide bonds. The number of sulfone groups is 1. The summed E-state index contributed by atoms with van der Waals surface area (Å²) in [5, 5.41) is 2.55. The Hall–Kier alpha value is -2.74. The molecule has 8 heteroatoms. The Bertz CT molecular complexity index is 828. The van der Waals surface area contributed by atoms with Crippen molar-refractivity contribution in [1.82, 2.24) is 9.97 Å². The van der Waals surface area contributed by atoms with E-state index in [1.54, 1.807) is 0 Å². The van der Waals surface area contributed by atoms with Crippen molar-refractivity contribution in [2.45, 2.75) is 4.90 Å². The molecule has 0 atom stereocenters. The Balaban J connectivity index is 2.11. The molecule has 1 heterocycles. The number of hydrogen-bond donors (Lipinski definition) is 1. The lowest BCUT2D eigenvalue weighted by Crippen LogP contribution is -2.14. The smallest absolute Gasteiger partial charge is 0.256 e. The van der Waals surface area contributed by atoms with Crippen molar-refractivity contribution in [3.63, 3.8) is 0 Å². The molecule has 2 rings (SSSR count). The van der Waals surface area contributed by atoms with Crippen LogP contribution in [0.2, 0.25) is 0 Å². The summed E-state index contributed by atoms with van der Waals surface area (Å²) >= 11 is 0. The Labute approximate surface area is 134 Å². The summed E-state index contributed by atoms with van der Waals surface area (Å²) < 4.78 is 27.7. The van der Waals surface area contributed by atoms with Crippen LogP contribution in [0.3, 0.4) is 0 Å². The molecule has 0 fully saturated rings. The summed E-state index contributed by atoms with van der Waals surface area (Å²) in [5.41, 5.74) is 0.694. The van der Waals surface area contributed by atoms with Gasteiger partial charge in [0.1, 0.15) is 0 Å². The third-order valence-electron chi connectivity index (χ3n) is 2.98. The van der Waals surface area contributed by atoms with E-state index in [1.165, 1.54) is 43.8 Å². The van der Waals surface area contributed by atoms with Gasteiger partial charge in [-0.05, 0) is 17.7 Å². The van der Waals surface area contributed by atoms with Crippen LogP contribution >= 0.6 is 0 Å². The number of carbonyl (C=O) groups is 1. The predicted molar refractivity (Wildman–Crippen MR) is 85.8 cm³/mol. The summed E-state index contributed by atoms with van der Waals surface area (Å²) in [6, 6.07) is 5.91. The maximum atomic E-state index is 12.1. The van der Waals surface area contributed by atoms with Gasteiger partial charge in [-0.1, -0.05) is 18.7 Å². The zero-order valence-electron chi connectivity index (χ0n) is 12.6. The van der Waals surface area contributed by atoms with Gasteiger partial charge in [0.2, 0.25) is 5.88 Å². The van der Waals surface area contributed by atoms with Crippen LogP contribution in [0, 0.1) is 0 Å². The Morgan fingerprint density at radius 2 is 1.83 bits per heavy atom. The quantitative estimate of drug-likeness (QED) is 0.834. The standard InChI is InChI=1S/C15H15N3O4S/c1-10(11-4-6-12(7-5-11)23(3,20)21)15(19)18-13-8-17-14(22-2)9-16-13/h4-9H,1H2,2-3H3,(H,16,18,19). The van der Waals surface area contributed by atoms with E-state index >= 15 is 0 Å². The van der Waals surface area contributed by atoms with Crippen LogP contribution in [-0.2, 0) is 14.6 Å². The van der Waals surface area contributed by atoms with Gasteiger partial charge < -0.3 is 10.1 Å². The molecule has 0 spiro atoms. The van der Waals surface area contributed by atoms with Crippen LogP contribution in [0.4, 0.5) is 5.82 Å². The fraction of sp³-hybridized carbons (Fsp3) is 0.133. The van der Waals surface area contributed by atoms with Gasteiger partial charge in [-0.25, -0.2) is 18.4 Å². The number of carbonyl (C=O) groups excluding carboxylic acids is 1. The zero-order chi connectivity index (χ0) is 17.0. The van der Waals surface area contributed by atoms with E-state index in [0.29, 0.717) is 11.4 Å². The van der Waals surface area contributed by atoms with Gasteiger partial charge in [0.15, 0.2) is 15.7 Å². The van der Waals surface area contributed by atoms with Crippen LogP contribution in [0.15, 0.2) is 48.1 Å². The molecule has 0 aliphatic heterocycles. The van der Waals surface area contributed by atoms with Gasteiger partial charge in [-0.2, -0.15) is 0 Å². The maximum absolute atomic E-state index is 12.1. The number of nitrogens with one attached hydrogen (secondary N) is 1. The lowest BCUT2D eigenvalue weighted by molar-refractivity contribution is -0.111. The molecule has 1 aromatic heterocycles. The average Bonchev–Trinajstić information content (AvgIpc) is 2.54. The highest BCUT2D eigenvalue weighted by atomic mass is 32.2. The number of anilines is 1. The molecular weight excluding hydrogens is 318 g/mol. The van der Waals surface area contributed by atoms with Gasteiger partial charge in [0, 0.05) is 11.8 Å². The van der Waals surface area contributed by atoms with E-state index < -0.39 is 15.7 Å².